The smallest absolute Gasteiger partial charge is 0.335 e. The number of hydrogen-bond donors (Lipinski definition) is 2. The maximum atomic E-state index is 10.5. The topological polar surface area (TPSA) is 72.5 Å². The predicted molar refractivity (Wildman–Crippen MR) is 48.0 cm³/mol. The van der Waals surface area contributed by atoms with E-state index in [4.69, 9.17) is 15.6 Å². The van der Waals surface area contributed by atoms with Crippen molar-refractivity contribution in [3.05, 3.63) is 29.8 Å². The molecule has 1 aromatic carbocycles. The first-order valence-corrected chi connectivity index (χ1v) is 3.90. The van der Waals surface area contributed by atoms with E-state index in [1.165, 1.54) is 12.1 Å². The Morgan fingerprint density at radius 1 is 1.38 bits per heavy atom. The summed E-state index contributed by atoms with van der Waals surface area (Å²) < 4.78 is 5.17. The molecule has 0 aliphatic heterocycles. The van der Waals surface area contributed by atoms with Crippen LogP contribution in [0.4, 0.5) is 0 Å². The summed E-state index contributed by atoms with van der Waals surface area (Å²) in [4.78, 5) is 10.5. The van der Waals surface area contributed by atoms with E-state index in [0.717, 1.165) is 0 Å². The van der Waals surface area contributed by atoms with Crippen LogP contribution in [0.25, 0.3) is 0 Å². The third-order valence-corrected chi connectivity index (χ3v) is 1.49. The number of carbonyl (C=O) groups is 1. The Balaban J connectivity index is 2.64. The fourth-order valence-corrected chi connectivity index (χ4v) is 0.871. The van der Waals surface area contributed by atoms with Crippen molar-refractivity contribution in [2.24, 2.45) is 5.73 Å². The van der Waals surface area contributed by atoms with Gasteiger partial charge in [-0.25, -0.2) is 4.79 Å². The summed E-state index contributed by atoms with van der Waals surface area (Å²) >= 11 is 0. The average Bonchev–Trinajstić information content (AvgIpc) is 2.15. The largest absolute Gasteiger partial charge is 0.492 e. The highest BCUT2D eigenvalue weighted by Gasteiger charge is 2.01. The van der Waals surface area contributed by atoms with Crippen LogP contribution in [0, 0.1) is 0 Å². The van der Waals surface area contributed by atoms with Crippen molar-refractivity contribution in [3.8, 4) is 5.75 Å². The molecule has 0 saturated heterocycles. The molecule has 1 rings (SSSR count). The van der Waals surface area contributed by atoms with Gasteiger partial charge in [0.1, 0.15) is 12.4 Å². The van der Waals surface area contributed by atoms with E-state index in [1.54, 1.807) is 12.1 Å². The molecular formula is C9H11NO3. The molecule has 0 bridgehead atoms. The molecule has 4 heteroatoms. The fraction of sp³-hybridized carbons (Fsp3) is 0.222. The van der Waals surface area contributed by atoms with Gasteiger partial charge in [-0.15, -0.1) is 0 Å². The molecule has 0 aliphatic carbocycles. The zero-order valence-electron chi connectivity index (χ0n) is 7.06. The molecule has 0 fully saturated rings. The van der Waals surface area contributed by atoms with Crippen molar-refractivity contribution in [2.75, 3.05) is 13.2 Å². The van der Waals surface area contributed by atoms with Crippen LogP contribution in [0.2, 0.25) is 0 Å². The van der Waals surface area contributed by atoms with Gasteiger partial charge in [-0.2, -0.15) is 0 Å². The first-order chi connectivity index (χ1) is 6.24. The van der Waals surface area contributed by atoms with E-state index in [1.807, 2.05) is 0 Å². The Hall–Kier alpha value is -1.55. The van der Waals surface area contributed by atoms with Gasteiger partial charge in [-0.1, -0.05) is 0 Å². The first-order valence-electron chi connectivity index (χ1n) is 3.90. The molecule has 0 heterocycles. The molecule has 70 valence electrons. The van der Waals surface area contributed by atoms with E-state index >= 15 is 0 Å². The van der Waals surface area contributed by atoms with Gasteiger partial charge in [0.2, 0.25) is 0 Å². The van der Waals surface area contributed by atoms with Gasteiger partial charge in [0.05, 0.1) is 5.56 Å². The molecule has 0 amide bonds. The summed E-state index contributed by atoms with van der Waals surface area (Å²) in [6, 6.07) is 6.21. The van der Waals surface area contributed by atoms with Gasteiger partial charge in [0, 0.05) is 6.54 Å². The molecule has 4 nitrogen and oxygen atoms in total. The highest BCUT2D eigenvalue weighted by Crippen LogP contribution is 2.11. The van der Waals surface area contributed by atoms with Crippen LogP contribution in [0.3, 0.4) is 0 Å². The number of rotatable bonds is 4. The quantitative estimate of drug-likeness (QED) is 0.718. The molecule has 0 atom stereocenters. The summed E-state index contributed by atoms with van der Waals surface area (Å²) in [5.74, 6) is -0.305. The van der Waals surface area contributed by atoms with E-state index in [-0.39, 0.29) is 5.56 Å². The Kier molecular flexibility index (Phi) is 3.28. The number of hydrogen-bond acceptors (Lipinski definition) is 3. The Morgan fingerprint density at radius 2 is 2.00 bits per heavy atom. The van der Waals surface area contributed by atoms with Gasteiger partial charge in [-0.05, 0) is 24.3 Å². The summed E-state index contributed by atoms with van der Waals surface area (Å²) in [5.41, 5.74) is 5.49. The van der Waals surface area contributed by atoms with Crippen LogP contribution in [0.1, 0.15) is 10.4 Å². The zero-order valence-corrected chi connectivity index (χ0v) is 7.06. The molecule has 0 aliphatic rings. The standard InChI is InChI=1S/C9H11NO3/c10-5-6-13-8-3-1-7(2-4-8)9(11)12/h1-4H,5-6,10H2,(H,11,12). The number of carboxylic acid groups (broad SMARTS) is 1. The second-order valence-corrected chi connectivity index (χ2v) is 2.47. The molecule has 13 heavy (non-hydrogen) atoms. The number of aromatic carboxylic acids is 1. The molecule has 0 unspecified atom stereocenters. The Labute approximate surface area is 75.9 Å². The second kappa shape index (κ2) is 4.47. The Morgan fingerprint density at radius 3 is 2.46 bits per heavy atom. The monoisotopic (exact) mass is 181 g/mol. The lowest BCUT2D eigenvalue weighted by Gasteiger charge is -2.03. The molecule has 0 spiro atoms. The molecule has 3 N–H and O–H groups in total. The van der Waals surface area contributed by atoms with Gasteiger partial charge < -0.3 is 15.6 Å². The van der Waals surface area contributed by atoms with Gasteiger partial charge in [-0.3, -0.25) is 0 Å². The molecular weight excluding hydrogens is 170 g/mol. The first kappa shape index (κ1) is 9.54. The van der Waals surface area contributed by atoms with Crippen molar-refractivity contribution in [1.82, 2.24) is 0 Å². The molecule has 0 radical (unpaired) electrons. The lowest BCUT2D eigenvalue weighted by Crippen LogP contribution is -2.10. The van der Waals surface area contributed by atoms with Crippen LogP contribution >= 0.6 is 0 Å². The van der Waals surface area contributed by atoms with Crippen molar-refractivity contribution in [3.63, 3.8) is 0 Å². The molecule has 1 aromatic rings. The maximum absolute atomic E-state index is 10.5. The van der Waals surface area contributed by atoms with Crippen LogP contribution in [-0.2, 0) is 0 Å². The van der Waals surface area contributed by atoms with E-state index in [2.05, 4.69) is 0 Å². The third kappa shape index (κ3) is 2.76. The number of ether oxygens (including phenoxy) is 1. The molecule has 0 saturated carbocycles. The fourth-order valence-electron chi connectivity index (χ4n) is 0.871. The van der Waals surface area contributed by atoms with Gasteiger partial charge >= 0.3 is 5.97 Å². The van der Waals surface area contributed by atoms with E-state index < -0.39 is 5.97 Å². The SMILES string of the molecule is NCCOc1ccc(C(=O)O)cc1. The number of carboxylic acids is 1. The highest BCUT2D eigenvalue weighted by atomic mass is 16.5. The van der Waals surface area contributed by atoms with Crippen molar-refractivity contribution < 1.29 is 14.6 Å². The van der Waals surface area contributed by atoms with Crippen molar-refractivity contribution in [1.29, 1.82) is 0 Å². The molecule has 0 aromatic heterocycles. The summed E-state index contributed by atoms with van der Waals surface area (Å²) in [6.07, 6.45) is 0. The van der Waals surface area contributed by atoms with Crippen LogP contribution in [0.15, 0.2) is 24.3 Å². The minimum absolute atomic E-state index is 0.250. The third-order valence-electron chi connectivity index (χ3n) is 1.49. The van der Waals surface area contributed by atoms with Crippen LogP contribution < -0.4 is 10.5 Å². The van der Waals surface area contributed by atoms with Crippen LogP contribution in [0.5, 0.6) is 5.75 Å². The van der Waals surface area contributed by atoms with E-state index in [9.17, 15) is 4.79 Å². The lowest BCUT2D eigenvalue weighted by atomic mass is 10.2. The van der Waals surface area contributed by atoms with E-state index in [0.29, 0.717) is 18.9 Å². The maximum Gasteiger partial charge on any atom is 0.335 e. The summed E-state index contributed by atoms with van der Waals surface area (Å²) in [5, 5.41) is 8.59. The second-order valence-electron chi connectivity index (χ2n) is 2.47. The number of nitrogens with two attached hydrogens (primary N) is 1. The van der Waals surface area contributed by atoms with Crippen molar-refractivity contribution in [2.45, 2.75) is 0 Å². The Bertz CT molecular complexity index is 281. The summed E-state index contributed by atoms with van der Waals surface area (Å²) in [6.45, 7) is 0.882. The van der Waals surface area contributed by atoms with Gasteiger partial charge in [0.15, 0.2) is 0 Å². The summed E-state index contributed by atoms with van der Waals surface area (Å²) in [7, 11) is 0. The highest BCUT2D eigenvalue weighted by molar-refractivity contribution is 5.87. The minimum Gasteiger partial charge on any atom is -0.492 e. The minimum atomic E-state index is -0.939. The lowest BCUT2D eigenvalue weighted by molar-refractivity contribution is 0.0697. The van der Waals surface area contributed by atoms with Crippen molar-refractivity contribution >= 4 is 5.97 Å². The number of benzene rings is 1. The zero-order chi connectivity index (χ0) is 9.68. The van der Waals surface area contributed by atoms with Crippen LogP contribution in [-0.4, -0.2) is 24.2 Å². The van der Waals surface area contributed by atoms with Gasteiger partial charge in [0.25, 0.3) is 0 Å². The predicted octanol–water partition coefficient (Wildman–Crippen LogP) is 0.722. The normalized spacial score (nSPS) is 9.62. The average molecular weight is 181 g/mol.